The van der Waals surface area contributed by atoms with Crippen LogP contribution in [0.1, 0.15) is 6.92 Å². The van der Waals surface area contributed by atoms with E-state index in [9.17, 15) is 0 Å². The minimum absolute atomic E-state index is 0.615. The van der Waals surface area contributed by atoms with Crippen LogP contribution in [0.15, 0.2) is 28.2 Å². The van der Waals surface area contributed by atoms with E-state index in [0.29, 0.717) is 5.90 Å². The summed E-state index contributed by atoms with van der Waals surface area (Å²) >= 11 is 2.24. The fraction of sp³-hybridized carbons (Fsp3) is 0.111. The molecule has 13 heavy (non-hydrogen) atoms. The van der Waals surface area contributed by atoms with Gasteiger partial charge in [0.1, 0.15) is 0 Å². The average molecular weight is 286 g/mol. The molecule has 0 aliphatic carbocycles. The van der Waals surface area contributed by atoms with Crippen molar-refractivity contribution in [2.24, 2.45) is 9.98 Å². The van der Waals surface area contributed by atoms with E-state index in [1.54, 1.807) is 6.92 Å². The van der Waals surface area contributed by atoms with Crippen LogP contribution in [0.25, 0.3) is 0 Å². The molecule has 0 spiro atoms. The van der Waals surface area contributed by atoms with E-state index in [1.165, 1.54) is 6.40 Å². The van der Waals surface area contributed by atoms with Crippen molar-refractivity contribution in [3.63, 3.8) is 0 Å². The average Bonchev–Trinajstić information content (AvgIpc) is 2.25. The van der Waals surface area contributed by atoms with Crippen molar-refractivity contribution in [3.05, 3.63) is 21.8 Å². The number of nitrogens with zero attached hydrogens (tertiary/aromatic N) is 2. The zero-order chi connectivity index (χ0) is 9.26. The molecule has 4 heteroatoms. The summed E-state index contributed by atoms with van der Waals surface area (Å²) in [5.74, 6) is 0.615. The number of benzene rings is 1. The Balaban J connectivity index is 2.59. The van der Waals surface area contributed by atoms with Gasteiger partial charge in [-0.25, -0.2) is 9.98 Å². The zero-order valence-corrected chi connectivity index (χ0v) is 9.15. The SMILES string of the molecule is CC1=Nc2cc(I)ccc2N=CO1. The standard InChI is InChI=1S/C9H7IN2O/c1-6-12-9-4-7(10)2-3-8(9)11-5-13-6/h2-5H,1H3. The van der Waals surface area contributed by atoms with Crippen LogP contribution in [0.2, 0.25) is 0 Å². The molecule has 0 bridgehead atoms. The minimum atomic E-state index is 0.615. The van der Waals surface area contributed by atoms with Crippen LogP contribution < -0.4 is 0 Å². The maximum absolute atomic E-state index is 5.08. The molecule has 2 rings (SSSR count). The Hall–Kier alpha value is -0.910. The fourth-order valence-corrected chi connectivity index (χ4v) is 1.53. The lowest BCUT2D eigenvalue weighted by Crippen LogP contribution is -1.93. The molecule has 66 valence electrons. The molecule has 0 unspecified atom stereocenters. The van der Waals surface area contributed by atoms with E-state index in [1.807, 2.05) is 18.2 Å². The highest BCUT2D eigenvalue weighted by atomic mass is 127. The molecule has 1 heterocycles. The molecule has 0 amide bonds. The second kappa shape index (κ2) is 3.45. The topological polar surface area (TPSA) is 34.0 Å². The normalized spacial score (nSPS) is 14.2. The highest BCUT2D eigenvalue weighted by Crippen LogP contribution is 2.30. The third-order valence-electron chi connectivity index (χ3n) is 1.63. The first-order valence-corrected chi connectivity index (χ1v) is 4.87. The summed E-state index contributed by atoms with van der Waals surface area (Å²) in [6.07, 6.45) is 1.41. The summed E-state index contributed by atoms with van der Waals surface area (Å²) in [5.41, 5.74) is 1.70. The van der Waals surface area contributed by atoms with Gasteiger partial charge in [0.05, 0.1) is 11.4 Å². The maximum Gasteiger partial charge on any atom is 0.193 e. The molecule has 0 fully saturated rings. The van der Waals surface area contributed by atoms with Crippen molar-refractivity contribution in [3.8, 4) is 0 Å². The molecule has 0 saturated heterocycles. The van der Waals surface area contributed by atoms with Crippen molar-refractivity contribution in [2.75, 3.05) is 0 Å². The summed E-state index contributed by atoms with van der Waals surface area (Å²) in [7, 11) is 0. The Labute approximate surface area is 89.7 Å². The van der Waals surface area contributed by atoms with Crippen LogP contribution in [0.3, 0.4) is 0 Å². The molecule has 1 aliphatic rings. The number of hydrogen-bond acceptors (Lipinski definition) is 3. The third kappa shape index (κ3) is 1.88. The number of rotatable bonds is 0. The lowest BCUT2D eigenvalue weighted by atomic mass is 10.3. The summed E-state index contributed by atoms with van der Waals surface area (Å²) in [6.45, 7) is 1.81. The molecule has 0 saturated carbocycles. The van der Waals surface area contributed by atoms with Crippen LogP contribution in [-0.2, 0) is 4.74 Å². The van der Waals surface area contributed by atoms with Gasteiger partial charge in [0.15, 0.2) is 12.3 Å². The molecule has 1 aliphatic heterocycles. The van der Waals surface area contributed by atoms with E-state index in [2.05, 4.69) is 32.6 Å². The van der Waals surface area contributed by atoms with Gasteiger partial charge in [0.25, 0.3) is 0 Å². The first-order chi connectivity index (χ1) is 6.25. The van der Waals surface area contributed by atoms with Crippen molar-refractivity contribution in [1.29, 1.82) is 0 Å². The van der Waals surface area contributed by atoms with Crippen LogP contribution in [0.4, 0.5) is 11.4 Å². The van der Waals surface area contributed by atoms with E-state index < -0.39 is 0 Å². The number of halogens is 1. The Morgan fingerprint density at radius 2 is 2.15 bits per heavy atom. The molecule has 3 nitrogen and oxygen atoms in total. The van der Waals surface area contributed by atoms with Gasteiger partial charge in [0, 0.05) is 10.5 Å². The smallest absolute Gasteiger partial charge is 0.193 e. The third-order valence-corrected chi connectivity index (χ3v) is 2.30. The van der Waals surface area contributed by atoms with Gasteiger partial charge in [-0.1, -0.05) is 0 Å². The van der Waals surface area contributed by atoms with E-state index in [-0.39, 0.29) is 0 Å². The fourth-order valence-electron chi connectivity index (χ4n) is 1.05. The molecule has 0 atom stereocenters. The molecule has 0 radical (unpaired) electrons. The highest BCUT2D eigenvalue weighted by molar-refractivity contribution is 14.1. The van der Waals surface area contributed by atoms with Gasteiger partial charge in [-0.3, -0.25) is 0 Å². The van der Waals surface area contributed by atoms with E-state index >= 15 is 0 Å². The number of fused-ring (bicyclic) bond motifs is 1. The first kappa shape index (κ1) is 8.68. The van der Waals surface area contributed by atoms with Gasteiger partial charge >= 0.3 is 0 Å². The second-order valence-electron chi connectivity index (χ2n) is 2.62. The van der Waals surface area contributed by atoms with Gasteiger partial charge in [-0.2, -0.15) is 0 Å². The minimum Gasteiger partial charge on any atom is -0.432 e. The lowest BCUT2D eigenvalue weighted by Gasteiger charge is -1.98. The van der Waals surface area contributed by atoms with Gasteiger partial charge in [0.2, 0.25) is 0 Å². The van der Waals surface area contributed by atoms with E-state index in [0.717, 1.165) is 14.9 Å². The number of ether oxygens (including phenoxy) is 1. The number of aliphatic imine (C=N–C) groups is 2. The zero-order valence-electron chi connectivity index (χ0n) is 6.99. The predicted octanol–water partition coefficient (Wildman–Crippen LogP) is 3.03. The van der Waals surface area contributed by atoms with Crippen LogP contribution in [0, 0.1) is 3.57 Å². The highest BCUT2D eigenvalue weighted by Gasteiger charge is 2.04. The van der Waals surface area contributed by atoms with Gasteiger partial charge in [-0.15, -0.1) is 0 Å². The number of hydrogen-bond donors (Lipinski definition) is 0. The monoisotopic (exact) mass is 286 g/mol. The summed E-state index contributed by atoms with van der Waals surface area (Å²) < 4.78 is 6.22. The molecule has 0 N–H and O–H groups in total. The second-order valence-corrected chi connectivity index (χ2v) is 3.86. The quantitative estimate of drug-likeness (QED) is 0.675. The molecule has 1 aromatic rings. The summed E-state index contributed by atoms with van der Waals surface area (Å²) in [6, 6.07) is 5.90. The van der Waals surface area contributed by atoms with Crippen LogP contribution in [-0.4, -0.2) is 12.3 Å². The predicted molar refractivity (Wildman–Crippen MR) is 61.2 cm³/mol. The van der Waals surface area contributed by atoms with E-state index in [4.69, 9.17) is 4.74 Å². The molecule has 1 aromatic carbocycles. The molecular formula is C9H7IN2O. The lowest BCUT2D eigenvalue weighted by molar-refractivity contribution is 0.567. The van der Waals surface area contributed by atoms with Gasteiger partial charge < -0.3 is 4.74 Å². The summed E-state index contributed by atoms with van der Waals surface area (Å²) in [5, 5.41) is 0. The Bertz CT molecular complexity index is 399. The Morgan fingerprint density at radius 3 is 3.00 bits per heavy atom. The van der Waals surface area contributed by atoms with Crippen LogP contribution in [0.5, 0.6) is 0 Å². The molecular weight excluding hydrogens is 279 g/mol. The van der Waals surface area contributed by atoms with Crippen molar-refractivity contribution in [1.82, 2.24) is 0 Å². The largest absolute Gasteiger partial charge is 0.432 e. The Morgan fingerprint density at radius 1 is 1.31 bits per heavy atom. The van der Waals surface area contributed by atoms with Gasteiger partial charge in [-0.05, 0) is 40.8 Å². The Kier molecular flexibility index (Phi) is 2.30. The summed E-state index contributed by atoms with van der Waals surface area (Å²) in [4.78, 5) is 8.38. The maximum atomic E-state index is 5.08. The first-order valence-electron chi connectivity index (χ1n) is 3.80. The van der Waals surface area contributed by atoms with Crippen molar-refractivity contribution >= 4 is 46.3 Å². The van der Waals surface area contributed by atoms with Crippen molar-refractivity contribution in [2.45, 2.75) is 6.92 Å². The van der Waals surface area contributed by atoms with Crippen LogP contribution >= 0.6 is 22.6 Å². The van der Waals surface area contributed by atoms with Crippen molar-refractivity contribution < 1.29 is 4.74 Å². The molecule has 0 aromatic heterocycles.